The van der Waals surface area contributed by atoms with Gasteiger partial charge in [-0.05, 0) is 56.5 Å². The van der Waals surface area contributed by atoms with Crippen molar-refractivity contribution >= 4 is 17.6 Å². The van der Waals surface area contributed by atoms with Crippen LogP contribution >= 0.6 is 0 Å². The molecule has 3 rings (SSSR count). The lowest BCUT2D eigenvalue weighted by Crippen LogP contribution is -2.49. The molecule has 2 aliphatic rings. The van der Waals surface area contributed by atoms with Crippen LogP contribution in [0.4, 0.5) is 10.5 Å². The van der Waals surface area contributed by atoms with E-state index in [1.165, 1.54) is 6.42 Å². The molecule has 148 valence electrons. The van der Waals surface area contributed by atoms with E-state index in [0.717, 1.165) is 63.5 Å². The molecule has 2 aliphatic heterocycles. The highest BCUT2D eigenvalue weighted by Gasteiger charge is 2.26. The predicted molar refractivity (Wildman–Crippen MR) is 107 cm³/mol. The van der Waals surface area contributed by atoms with Crippen LogP contribution in [-0.2, 0) is 0 Å². The molecule has 7 nitrogen and oxygen atoms in total. The molecular formula is C20H31N5O2. The van der Waals surface area contributed by atoms with E-state index in [-0.39, 0.29) is 6.03 Å². The van der Waals surface area contributed by atoms with Gasteiger partial charge in [0.1, 0.15) is 0 Å². The quantitative estimate of drug-likeness (QED) is 0.840. The molecule has 7 heteroatoms. The van der Waals surface area contributed by atoms with Crippen LogP contribution in [0.5, 0.6) is 0 Å². The van der Waals surface area contributed by atoms with Gasteiger partial charge in [-0.3, -0.25) is 4.79 Å². The monoisotopic (exact) mass is 373 g/mol. The average Bonchev–Trinajstić information content (AvgIpc) is 2.65. The Labute approximate surface area is 161 Å². The molecule has 1 atom stereocenters. The summed E-state index contributed by atoms with van der Waals surface area (Å²) in [4.78, 5) is 30.8. The number of amides is 3. The number of piperazine rings is 1. The summed E-state index contributed by atoms with van der Waals surface area (Å²) in [6.07, 6.45) is 2.23. The first kappa shape index (κ1) is 19.6. The van der Waals surface area contributed by atoms with E-state index in [4.69, 9.17) is 5.73 Å². The summed E-state index contributed by atoms with van der Waals surface area (Å²) in [5.41, 5.74) is 7.33. The van der Waals surface area contributed by atoms with Crippen molar-refractivity contribution in [2.45, 2.75) is 19.8 Å². The number of rotatable bonds is 4. The van der Waals surface area contributed by atoms with Crippen LogP contribution in [0.3, 0.4) is 0 Å². The van der Waals surface area contributed by atoms with Crippen molar-refractivity contribution in [1.82, 2.24) is 14.7 Å². The highest BCUT2D eigenvalue weighted by Crippen LogP contribution is 2.21. The second-order valence-corrected chi connectivity index (χ2v) is 7.88. The van der Waals surface area contributed by atoms with E-state index < -0.39 is 5.91 Å². The molecular weight excluding hydrogens is 342 g/mol. The molecule has 0 unspecified atom stereocenters. The summed E-state index contributed by atoms with van der Waals surface area (Å²) in [6.45, 7) is 9.02. The lowest BCUT2D eigenvalue weighted by atomic mass is 9.97. The van der Waals surface area contributed by atoms with E-state index in [1.54, 1.807) is 18.2 Å². The highest BCUT2D eigenvalue weighted by atomic mass is 16.2. The SMILES string of the molecule is Cc1cc(C(N)=O)ccc1NC(=O)N1CCC[C@@H](CN2CCN(C)CC2)C1. The van der Waals surface area contributed by atoms with Gasteiger partial charge in [0.25, 0.3) is 0 Å². The fourth-order valence-corrected chi connectivity index (χ4v) is 3.95. The van der Waals surface area contributed by atoms with E-state index in [2.05, 4.69) is 22.2 Å². The number of nitrogens with one attached hydrogen (secondary N) is 1. The zero-order chi connectivity index (χ0) is 19.4. The molecule has 0 aliphatic carbocycles. The van der Waals surface area contributed by atoms with Crippen LogP contribution in [0.15, 0.2) is 18.2 Å². The molecule has 27 heavy (non-hydrogen) atoms. The van der Waals surface area contributed by atoms with Gasteiger partial charge in [0.05, 0.1) is 0 Å². The molecule has 3 amide bonds. The minimum atomic E-state index is -0.459. The number of anilines is 1. The van der Waals surface area contributed by atoms with Crippen molar-refractivity contribution in [1.29, 1.82) is 0 Å². The maximum atomic E-state index is 12.7. The number of nitrogens with zero attached hydrogens (tertiary/aromatic N) is 3. The Morgan fingerprint density at radius 2 is 1.93 bits per heavy atom. The average molecular weight is 374 g/mol. The third-order valence-electron chi connectivity index (χ3n) is 5.67. The summed E-state index contributed by atoms with van der Waals surface area (Å²) in [5, 5.41) is 2.99. The first-order valence-corrected chi connectivity index (χ1v) is 9.79. The van der Waals surface area contributed by atoms with Gasteiger partial charge in [0, 0.05) is 57.1 Å². The number of piperidine rings is 1. The van der Waals surface area contributed by atoms with E-state index >= 15 is 0 Å². The van der Waals surface area contributed by atoms with Crippen molar-refractivity contribution in [2.24, 2.45) is 11.7 Å². The number of carbonyl (C=O) groups excluding carboxylic acids is 2. The van der Waals surface area contributed by atoms with Gasteiger partial charge in [-0.25, -0.2) is 4.79 Å². The predicted octanol–water partition coefficient (Wildman–Crippen LogP) is 1.59. The summed E-state index contributed by atoms with van der Waals surface area (Å²) in [6, 6.07) is 5.05. The van der Waals surface area contributed by atoms with E-state index in [9.17, 15) is 9.59 Å². The smallest absolute Gasteiger partial charge is 0.321 e. The van der Waals surface area contributed by atoms with Crippen LogP contribution in [-0.4, -0.2) is 79.5 Å². The van der Waals surface area contributed by atoms with Crippen LogP contribution in [0, 0.1) is 12.8 Å². The molecule has 2 fully saturated rings. The third kappa shape index (κ3) is 5.20. The number of hydrogen-bond acceptors (Lipinski definition) is 4. The molecule has 0 saturated carbocycles. The summed E-state index contributed by atoms with van der Waals surface area (Å²) < 4.78 is 0. The zero-order valence-corrected chi connectivity index (χ0v) is 16.4. The number of nitrogens with two attached hydrogens (primary N) is 1. The van der Waals surface area contributed by atoms with E-state index in [1.807, 2.05) is 11.8 Å². The third-order valence-corrected chi connectivity index (χ3v) is 5.67. The fourth-order valence-electron chi connectivity index (χ4n) is 3.95. The normalized spacial score (nSPS) is 21.9. The molecule has 0 spiro atoms. The van der Waals surface area contributed by atoms with Crippen molar-refractivity contribution in [2.75, 3.05) is 58.2 Å². The largest absolute Gasteiger partial charge is 0.366 e. The molecule has 0 radical (unpaired) electrons. The maximum Gasteiger partial charge on any atom is 0.321 e. The second kappa shape index (κ2) is 8.71. The maximum absolute atomic E-state index is 12.7. The highest BCUT2D eigenvalue weighted by molar-refractivity contribution is 5.95. The number of likely N-dealkylation sites (N-methyl/N-ethyl adjacent to an activating group) is 1. The van der Waals surface area contributed by atoms with Crippen LogP contribution in [0.25, 0.3) is 0 Å². The molecule has 0 bridgehead atoms. The first-order valence-electron chi connectivity index (χ1n) is 9.79. The number of likely N-dealkylation sites (tertiary alicyclic amines) is 1. The van der Waals surface area contributed by atoms with Gasteiger partial charge in [-0.1, -0.05) is 0 Å². The molecule has 3 N–H and O–H groups in total. The van der Waals surface area contributed by atoms with Crippen molar-refractivity contribution in [3.63, 3.8) is 0 Å². The van der Waals surface area contributed by atoms with Crippen molar-refractivity contribution < 1.29 is 9.59 Å². The van der Waals surface area contributed by atoms with Gasteiger partial charge in [-0.2, -0.15) is 0 Å². The van der Waals surface area contributed by atoms with E-state index in [0.29, 0.717) is 11.5 Å². The molecule has 2 heterocycles. The number of primary amides is 1. The summed E-state index contributed by atoms with van der Waals surface area (Å²) >= 11 is 0. The van der Waals surface area contributed by atoms with Gasteiger partial charge in [-0.15, -0.1) is 0 Å². The minimum Gasteiger partial charge on any atom is -0.366 e. The second-order valence-electron chi connectivity index (χ2n) is 7.88. The van der Waals surface area contributed by atoms with Crippen LogP contribution in [0.2, 0.25) is 0 Å². The Balaban J connectivity index is 1.54. The number of aryl methyl sites for hydroxylation is 1. The lowest BCUT2D eigenvalue weighted by Gasteiger charge is -2.38. The molecule has 1 aromatic carbocycles. The minimum absolute atomic E-state index is 0.0620. The zero-order valence-electron chi connectivity index (χ0n) is 16.4. The first-order chi connectivity index (χ1) is 12.9. The van der Waals surface area contributed by atoms with Crippen molar-refractivity contribution in [3.05, 3.63) is 29.3 Å². The Hall–Kier alpha value is -2.12. The Morgan fingerprint density at radius 1 is 1.19 bits per heavy atom. The van der Waals surface area contributed by atoms with Crippen LogP contribution in [0.1, 0.15) is 28.8 Å². The topological polar surface area (TPSA) is 81.9 Å². The Bertz CT molecular complexity index is 685. The molecule has 1 aromatic rings. The Morgan fingerprint density at radius 3 is 2.59 bits per heavy atom. The lowest BCUT2D eigenvalue weighted by molar-refractivity contribution is 0.1000. The Kier molecular flexibility index (Phi) is 6.34. The summed E-state index contributed by atoms with van der Waals surface area (Å²) in [5.74, 6) is 0.0741. The fraction of sp³-hybridized carbons (Fsp3) is 0.600. The standard InChI is InChI=1S/C20H31N5O2/c1-15-12-17(19(21)26)5-6-18(15)22-20(27)25-7-3-4-16(14-25)13-24-10-8-23(2)9-11-24/h5-6,12,16H,3-4,7-11,13-14H2,1-2H3,(H2,21,26)(H,22,27)/t16-/m0/s1. The number of hydrogen-bond donors (Lipinski definition) is 2. The molecule has 0 aromatic heterocycles. The van der Waals surface area contributed by atoms with Gasteiger partial charge < -0.3 is 25.8 Å². The summed E-state index contributed by atoms with van der Waals surface area (Å²) in [7, 11) is 2.17. The van der Waals surface area contributed by atoms with Gasteiger partial charge in [0.15, 0.2) is 0 Å². The molecule has 2 saturated heterocycles. The van der Waals surface area contributed by atoms with Crippen molar-refractivity contribution in [3.8, 4) is 0 Å². The number of urea groups is 1. The number of benzene rings is 1. The van der Waals surface area contributed by atoms with Gasteiger partial charge >= 0.3 is 6.03 Å². The number of carbonyl (C=O) groups is 2. The van der Waals surface area contributed by atoms with Crippen LogP contribution < -0.4 is 11.1 Å². The van der Waals surface area contributed by atoms with Gasteiger partial charge in [0.2, 0.25) is 5.91 Å².